The second-order valence-corrected chi connectivity index (χ2v) is 5.88. The van der Waals surface area contributed by atoms with Crippen molar-refractivity contribution in [2.75, 3.05) is 27.3 Å². The fourth-order valence-electron chi connectivity index (χ4n) is 2.82. The second kappa shape index (κ2) is 8.09. The molecule has 1 aliphatic heterocycles. The van der Waals surface area contributed by atoms with Gasteiger partial charge in [0.05, 0.1) is 26.0 Å². The van der Waals surface area contributed by atoms with E-state index < -0.39 is 0 Å². The summed E-state index contributed by atoms with van der Waals surface area (Å²) in [5.74, 6) is 0.874. The molecule has 3 heterocycles. The van der Waals surface area contributed by atoms with Gasteiger partial charge in [0, 0.05) is 38.5 Å². The largest absolute Gasteiger partial charge is 0.495 e. The first-order chi connectivity index (χ1) is 12.2. The van der Waals surface area contributed by atoms with E-state index in [1.165, 1.54) is 6.26 Å². The van der Waals surface area contributed by atoms with Gasteiger partial charge in [0.25, 0.3) is 5.91 Å². The van der Waals surface area contributed by atoms with E-state index in [4.69, 9.17) is 13.9 Å². The summed E-state index contributed by atoms with van der Waals surface area (Å²) in [6, 6.07) is 1.80. The summed E-state index contributed by atoms with van der Waals surface area (Å²) in [7, 11) is 3.29. The van der Waals surface area contributed by atoms with E-state index in [1.807, 2.05) is 0 Å². The highest BCUT2D eigenvalue weighted by molar-refractivity contribution is 5.91. The van der Waals surface area contributed by atoms with Crippen LogP contribution in [0.2, 0.25) is 0 Å². The number of aromatic nitrogens is 2. The smallest absolute Gasteiger partial charge is 0.273 e. The van der Waals surface area contributed by atoms with Crippen molar-refractivity contribution < 1.29 is 18.7 Å². The first-order valence-electron chi connectivity index (χ1n) is 8.14. The molecule has 3 rings (SSSR count). The maximum Gasteiger partial charge on any atom is 0.273 e. The lowest BCUT2D eigenvalue weighted by molar-refractivity contribution is 0.0945. The molecule has 8 heteroatoms. The predicted octanol–water partition coefficient (Wildman–Crippen LogP) is 1.23. The second-order valence-electron chi connectivity index (χ2n) is 5.88. The summed E-state index contributed by atoms with van der Waals surface area (Å²) in [5, 5.41) is 2.81. The molecule has 1 N–H and O–H groups in total. The number of rotatable bonds is 7. The molecule has 0 bridgehead atoms. The molecule has 1 amide bonds. The molecule has 1 atom stereocenters. The van der Waals surface area contributed by atoms with Gasteiger partial charge in [0.2, 0.25) is 5.89 Å². The number of amides is 1. The van der Waals surface area contributed by atoms with Crippen molar-refractivity contribution in [2.45, 2.75) is 25.6 Å². The highest BCUT2D eigenvalue weighted by Crippen LogP contribution is 2.16. The van der Waals surface area contributed by atoms with E-state index in [9.17, 15) is 4.79 Å². The SMILES string of the molecule is COc1cnccc1CNC(=O)c1coc(CN2CC[C@H](OC)C2)n1. The molecule has 0 aliphatic carbocycles. The minimum Gasteiger partial charge on any atom is -0.495 e. The topological polar surface area (TPSA) is 89.7 Å². The standard InChI is InChI=1S/C17H22N4O4/c1-23-13-4-6-21(9-13)10-16-20-14(11-25-16)17(22)19-7-12-3-5-18-8-15(12)24-2/h3,5,8,11,13H,4,6-7,9-10H2,1-2H3,(H,19,22)/t13-/m0/s1. The van der Waals surface area contributed by atoms with Gasteiger partial charge in [0.15, 0.2) is 5.69 Å². The molecule has 0 spiro atoms. The van der Waals surface area contributed by atoms with E-state index >= 15 is 0 Å². The van der Waals surface area contributed by atoms with Crippen molar-refractivity contribution in [1.82, 2.24) is 20.2 Å². The van der Waals surface area contributed by atoms with Crippen LogP contribution >= 0.6 is 0 Å². The highest BCUT2D eigenvalue weighted by Gasteiger charge is 2.23. The summed E-state index contributed by atoms with van der Waals surface area (Å²) in [6.45, 7) is 2.69. The van der Waals surface area contributed by atoms with Gasteiger partial charge in [-0.25, -0.2) is 4.98 Å². The number of ether oxygens (including phenoxy) is 2. The van der Waals surface area contributed by atoms with Crippen LogP contribution in [0, 0.1) is 0 Å². The summed E-state index contributed by atoms with van der Waals surface area (Å²) in [6.07, 6.45) is 5.91. The molecule has 25 heavy (non-hydrogen) atoms. The van der Waals surface area contributed by atoms with E-state index in [2.05, 4.69) is 20.2 Å². The molecule has 0 saturated carbocycles. The maximum absolute atomic E-state index is 12.2. The van der Waals surface area contributed by atoms with Gasteiger partial charge in [-0.15, -0.1) is 0 Å². The Labute approximate surface area is 146 Å². The number of pyridine rings is 1. The number of carbonyl (C=O) groups excluding carboxylic acids is 1. The Bertz CT molecular complexity index is 718. The molecule has 134 valence electrons. The van der Waals surface area contributed by atoms with Crippen molar-refractivity contribution in [3.8, 4) is 5.75 Å². The molecular weight excluding hydrogens is 324 g/mol. The number of hydrogen-bond donors (Lipinski definition) is 1. The molecule has 1 aliphatic rings. The summed E-state index contributed by atoms with van der Waals surface area (Å²) >= 11 is 0. The Kier molecular flexibility index (Phi) is 5.62. The molecular formula is C17H22N4O4. The lowest BCUT2D eigenvalue weighted by atomic mass is 10.2. The van der Waals surface area contributed by atoms with Gasteiger partial charge >= 0.3 is 0 Å². The Morgan fingerprint density at radius 3 is 3.12 bits per heavy atom. The zero-order valence-corrected chi connectivity index (χ0v) is 14.4. The van der Waals surface area contributed by atoms with Crippen LogP contribution in [-0.4, -0.2) is 54.2 Å². The van der Waals surface area contributed by atoms with E-state index in [0.29, 0.717) is 24.7 Å². The number of oxazole rings is 1. The van der Waals surface area contributed by atoms with Gasteiger partial charge in [-0.3, -0.25) is 14.7 Å². The molecule has 0 unspecified atom stereocenters. The summed E-state index contributed by atoms with van der Waals surface area (Å²) in [5.41, 5.74) is 1.11. The number of carbonyl (C=O) groups is 1. The lowest BCUT2D eigenvalue weighted by Gasteiger charge is -2.12. The van der Waals surface area contributed by atoms with Crippen LogP contribution in [-0.2, 0) is 17.8 Å². The number of nitrogens with one attached hydrogen (secondary N) is 1. The Morgan fingerprint density at radius 2 is 2.36 bits per heavy atom. The quantitative estimate of drug-likeness (QED) is 0.806. The van der Waals surface area contributed by atoms with Crippen molar-refractivity contribution in [1.29, 1.82) is 0 Å². The minimum atomic E-state index is -0.287. The zero-order chi connectivity index (χ0) is 17.6. The Morgan fingerprint density at radius 1 is 1.48 bits per heavy atom. The van der Waals surface area contributed by atoms with Crippen LogP contribution < -0.4 is 10.1 Å². The van der Waals surface area contributed by atoms with Crippen molar-refractivity contribution in [3.63, 3.8) is 0 Å². The molecule has 0 aromatic carbocycles. The number of hydrogen-bond acceptors (Lipinski definition) is 7. The molecule has 2 aromatic heterocycles. The van der Waals surface area contributed by atoms with Gasteiger partial charge in [-0.2, -0.15) is 0 Å². The van der Waals surface area contributed by atoms with E-state index in [-0.39, 0.29) is 17.7 Å². The van der Waals surface area contributed by atoms with Crippen LogP contribution in [0.15, 0.2) is 29.1 Å². The third kappa shape index (κ3) is 4.34. The molecule has 2 aromatic rings. The fraction of sp³-hybridized carbons (Fsp3) is 0.471. The van der Waals surface area contributed by atoms with Crippen LogP contribution in [0.5, 0.6) is 5.75 Å². The third-order valence-electron chi connectivity index (χ3n) is 4.24. The molecule has 1 saturated heterocycles. The van der Waals surface area contributed by atoms with Gasteiger partial charge in [-0.05, 0) is 12.5 Å². The highest BCUT2D eigenvalue weighted by atomic mass is 16.5. The molecule has 8 nitrogen and oxygen atoms in total. The summed E-state index contributed by atoms with van der Waals surface area (Å²) < 4.78 is 16.0. The van der Waals surface area contributed by atoms with Gasteiger partial charge in [-0.1, -0.05) is 0 Å². The van der Waals surface area contributed by atoms with Crippen molar-refractivity contribution >= 4 is 5.91 Å². The van der Waals surface area contributed by atoms with Crippen molar-refractivity contribution in [3.05, 3.63) is 41.9 Å². The van der Waals surface area contributed by atoms with Crippen LogP contribution in [0.25, 0.3) is 0 Å². The summed E-state index contributed by atoms with van der Waals surface area (Å²) in [4.78, 5) is 22.7. The monoisotopic (exact) mass is 346 g/mol. The normalized spacial score (nSPS) is 17.6. The first kappa shape index (κ1) is 17.4. The first-order valence-corrected chi connectivity index (χ1v) is 8.14. The van der Waals surface area contributed by atoms with Gasteiger partial charge < -0.3 is 19.2 Å². The van der Waals surface area contributed by atoms with E-state index in [0.717, 1.165) is 25.1 Å². The van der Waals surface area contributed by atoms with Crippen molar-refractivity contribution in [2.24, 2.45) is 0 Å². The predicted molar refractivity (Wildman–Crippen MR) is 89.2 cm³/mol. The Hall–Kier alpha value is -2.45. The average Bonchev–Trinajstić information content (AvgIpc) is 3.29. The van der Waals surface area contributed by atoms with Gasteiger partial charge in [0.1, 0.15) is 12.0 Å². The van der Waals surface area contributed by atoms with Crippen LogP contribution in [0.3, 0.4) is 0 Å². The number of nitrogens with zero attached hydrogens (tertiary/aromatic N) is 3. The molecule has 1 fully saturated rings. The van der Waals surface area contributed by atoms with Crippen LogP contribution in [0.1, 0.15) is 28.4 Å². The zero-order valence-electron chi connectivity index (χ0n) is 14.4. The van der Waals surface area contributed by atoms with Crippen LogP contribution in [0.4, 0.5) is 0 Å². The maximum atomic E-state index is 12.2. The third-order valence-corrected chi connectivity index (χ3v) is 4.24. The molecule has 0 radical (unpaired) electrons. The average molecular weight is 346 g/mol. The number of methoxy groups -OCH3 is 2. The Balaban J connectivity index is 1.54. The lowest BCUT2D eigenvalue weighted by Crippen LogP contribution is -2.24. The fourth-order valence-corrected chi connectivity index (χ4v) is 2.82. The van der Waals surface area contributed by atoms with E-state index in [1.54, 1.807) is 32.7 Å². The minimum absolute atomic E-state index is 0.257. The number of likely N-dealkylation sites (tertiary alicyclic amines) is 1.